The average molecular weight is 415 g/mol. The number of rotatable bonds is 11. The van der Waals surface area contributed by atoms with Crippen molar-refractivity contribution in [1.29, 1.82) is 0 Å². The van der Waals surface area contributed by atoms with E-state index in [9.17, 15) is 4.79 Å². The lowest BCUT2D eigenvalue weighted by Gasteiger charge is -2.14. The lowest BCUT2D eigenvalue weighted by molar-refractivity contribution is -0.118. The van der Waals surface area contributed by atoms with Crippen LogP contribution in [0.3, 0.4) is 0 Å². The summed E-state index contributed by atoms with van der Waals surface area (Å²) in [4.78, 5) is 10.8. The van der Waals surface area contributed by atoms with E-state index in [0.29, 0.717) is 25.0 Å². The van der Waals surface area contributed by atoms with Crippen molar-refractivity contribution in [2.24, 2.45) is 5.73 Å². The highest BCUT2D eigenvalue weighted by atomic mass is 16.5. The number of nitrogens with two attached hydrogens (primary N) is 1. The molecule has 1 saturated carbocycles. The first kappa shape index (κ1) is 21.1. The summed E-state index contributed by atoms with van der Waals surface area (Å²) in [7, 11) is 0. The number of primary amides is 1. The van der Waals surface area contributed by atoms with Crippen LogP contribution in [0.5, 0.6) is 5.75 Å². The molecule has 1 fully saturated rings. The van der Waals surface area contributed by atoms with Gasteiger partial charge < -0.3 is 15.8 Å². The number of hydrogen-bond acceptors (Lipinski definition) is 3. The molecule has 0 aromatic heterocycles. The lowest BCUT2D eigenvalue weighted by atomic mass is 9.99. The summed E-state index contributed by atoms with van der Waals surface area (Å²) >= 11 is 0. The molecule has 1 amide bonds. The van der Waals surface area contributed by atoms with Gasteiger partial charge in [-0.05, 0) is 54.6 Å². The fraction of sp³-hybridized carbons (Fsp3) is 0.296. The van der Waals surface area contributed by atoms with Gasteiger partial charge in [-0.1, -0.05) is 66.7 Å². The van der Waals surface area contributed by atoms with Gasteiger partial charge in [0.1, 0.15) is 12.4 Å². The van der Waals surface area contributed by atoms with Crippen molar-refractivity contribution in [2.45, 2.75) is 44.2 Å². The highest BCUT2D eigenvalue weighted by molar-refractivity contribution is 5.73. The number of carbonyl (C=O) groups excluding carboxylic acids is 1. The molecular weight excluding hydrogens is 384 g/mol. The van der Waals surface area contributed by atoms with E-state index in [0.717, 1.165) is 42.7 Å². The summed E-state index contributed by atoms with van der Waals surface area (Å²) in [6, 6.07) is 27.8. The SMILES string of the molecule is NC(=O)CCCCNC1CC1c1ccc(OCc2ccccc2)c(-c2ccccc2)c1. The maximum Gasteiger partial charge on any atom is 0.217 e. The molecule has 3 aromatic carbocycles. The van der Waals surface area contributed by atoms with Crippen LogP contribution in [0.25, 0.3) is 11.1 Å². The monoisotopic (exact) mass is 414 g/mol. The zero-order chi connectivity index (χ0) is 21.5. The van der Waals surface area contributed by atoms with Crippen molar-refractivity contribution in [2.75, 3.05) is 6.54 Å². The maximum absolute atomic E-state index is 10.8. The molecule has 0 radical (unpaired) electrons. The lowest BCUT2D eigenvalue weighted by Crippen LogP contribution is -2.20. The molecular formula is C27H30N2O2. The fourth-order valence-corrected chi connectivity index (χ4v) is 3.98. The van der Waals surface area contributed by atoms with Crippen LogP contribution in [0.4, 0.5) is 0 Å². The van der Waals surface area contributed by atoms with Crippen molar-refractivity contribution >= 4 is 5.91 Å². The van der Waals surface area contributed by atoms with E-state index in [1.54, 1.807) is 0 Å². The zero-order valence-corrected chi connectivity index (χ0v) is 17.8. The van der Waals surface area contributed by atoms with Crippen molar-refractivity contribution in [3.05, 3.63) is 90.0 Å². The average Bonchev–Trinajstić information content (AvgIpc) is 3.58. The molecule has 1 aliphatic carbocycles. The molecule has 0 heterocycles. The molecule has 0 bridgehead atoms. The molecule has 4 nitrogen and oxygen atoms in total. The van der Waals surface area contributed by atoms with Crippen molar-refractivity contribution < 1.29 is 9.53 Å². The van der Waals surface area contributed by atoms with Crippen LogP contribution >= 0.6 is 0 Å². The van der Waals surface area contributed by atoms with Gasteiger partial charge in [0.15, 0.2) is 0 Å². The molecule has 160 valence electrons. The standard InChI is InChI=1S/C27H30N2O2/c28-27(30)13-7-8-16-29-25-18-23(25)22-14-15-26(31-19-20-9-3-1-4-10-20)24(17-22)21-11-5-2-6-12-21/h1-6,9-12,14-15,17,23,25,29H,7-8,13,16,18-19H2,(H2,28,30). The summed E-state index contributed by atoms with van der Waals surface area (Å²) < 4.78 is 6.22. The molecule has 4 rings (SSSR count). The number of nitrogens with one attached hydrogen (secondary N) is 1. The van der Waals surface area contributed by atoms with E-state index in [-0.39, 0.29) is 5.91 Å². The van der Waals surface area contributed by atoms with Crippen LogP contribution in [-0.4, -0.2) is 18.5 Å². The van der Waals surface area contributed by atoms with Crippen molar-refractivity contribution in [3.63, 3.8) is 0 Å². The third kappa shape index (κ3) is 5.96. The summed E-state index contributed by atoms with van der Waals surface area (Å²) in [6.07, 6.45) is 3.45. The van der Waals surface area contributed by atoms with Crippen LogP contribution in [0.15, 0.2) is 78.9 Å². The smallest absolute Gasteiger partial charge is 0.217 e. The van der Waals surface area contributed by atoms with Gasteiger partial charge in [-0.25, -0.2) is 0 Å². The first-order valence-corrected chi connectivity index (χ1v) is 11.1. The Morgan fingerprint density at radius 2 is 1.71 bits per heavy atom. The highest BCUT2D eigenvalue weighted by Crippen LogP contribution is 2.43. The quantitative estimate of drug-likeness (QED) is 0.432. The topological polar surface area (TPSA) is 64.4 Å². The molecule has 0 saturated heterocycles. The number of benzene rings is 3. The van der Waals surface area contributed by atoms with Gasteiger partial charge in [-0.15, -0.1) is 0 Å². The van der Waals surface area contributed by atoms with Crippen LogP contribution in [0.1, 0.15) is 42.7 Å². The Bertz CT molecular complexity index is 989. The molecule has 0 spiro atoms. The Hall–Kier alpha value is -3.11. The zero-order valence-electron chi connectivity index (χ0n) is 17.8. The Balaban J connectivity index is 1.42. The summed E-state index contributed by atoms with van der Waals surface area (Å²) in [5.41, 5.74) is 10.0. The van der Waals surface area contributed by atoms with Gasteiger partial charge >= 0.3 is 0 Å². The largest absolute Gasteiger partial charge is 0.488 e. The normalized spacial score (nSPS) is 17.3. The first-order chi connectivity index (χ1) is 15.2. The summed E-state index contributed by atoms with van der Waals surface area (Å²) in [5.74, 6) is 1.23. The molecule has 2 unspecified atom stereocenters. The van der Waals surface area contributed by atoms with Crippen molar-refractivity contribution in [3.8, 4) is 16.9 Å². The summed E-state index contributed by atoms with van der Waals surface area (Å²) in [5, 5.41) is 3.62. The van der Waals surface area contributed by atoms with E-state index in [4.69, 9.17) is 10.5 Å². The number of ether oxygens (including phenoxy) is 1. The first-order valence-electron chi connectivity index (χ1n) is 11.1. The second-order valence-electron chi connectivity index (χ2n) is 8.22. The van der Waals surface area contributed by atoms with E-state index >= 15 is 0 Å². The predicted octanol–water partition coefficient (Wildman–Crippen LogP) is 5.03. The number of carbonyl (C=O) groups is 1. The number of hydrogen-bond donors (Lipinski definition) is 2. The highest BCUT2D eigenvalue weighted by Gasteiger charge is 2.38. The Kier molecular flexibility index (Phi) is 7.00. The van der Waals surface area contributed by atoms with Crippen LogP contribution < -0.4 is 15.8 Å². The molecule has 4 heteroatoms. The van der Waals surface area contributed by atoms with E-state index < -0.39 is 0 Å². The van der Waals surface area contributed by atoms with Crippen LogP contribution in [0, 0.1) is 0 Å². The van der Waals surface area contributed by atoms with E-state index in [2.05, 4.69) is 59.9 Å². The molecule has 31 heavy (non-hydrogen) atoms. The molecule has 3 aromatic rings. The van der Waals surface area contributed by atoms with E-state index in [1.165, 1.54) is 11.1 Å². The van der Waals surface area contributed by atoms with Gasteiger partial charge in [-0.3, -0.25) is 4.79 Å². The predicted molar refractivity (Wildman–Crippen MR) is 125 cm³/mol. The number of unbranched alkanes of at least 4 members (excludes halogenated alkanes) is 1. The Labute approximate surface area is 184 Å². The minimum absolute atomic E-state index is 0.215. The maximum atomic E-state index is 10.8. The minimum atomic E-state index is -0.215. The molecule has 3 N–H and O–H groups in total. The van der Waals surface area contributed by atoms with Gasteiger partial charge in [0.25, 0.3) is 0 Å². The Morgan fingerprint density at radius 3 is 2.45 bits per heavy atom. The van der Waals surface area contributed by atoms with E-state index in [1.807, 2.05) is 24.3 Å². The third-order valence-electron chi connectivity index (χ3n) is 5.80. The summed E-state index contributed by atoms with van der Waals surface area (Å²) in [6.45, 7) is 1.48. The van der Waals surface area contributed by atoms with Gasteiger partial charge in [0.2, 0.25) is 5.91 Å². The Morgan fingerprint density at radius 1 is 0.968 bits per heavy atom. The second kappa shape index (κ2) is 10.3. The molecule has 2 atom stereocenters. The fourth-order valence-electron chi connectivity index (χ4n) is 3.98. The number of amides is 1. The van der Waals surface area contributed by atoms with Gasteiger partial charge in [-0.2, -0.15) is 0 Å². The third-order valence-corrected chi connectivity index (χ3v) is 5.80. The molecule has 1 aliphatic rings. The van der Waals surface area contributed by atoms with Crippen LogP contribution in [0.2, 0.25) is 0 Å². The molecule has 0 aliphatic heterocycles. The van der Waals surface area contributed by atoms with Gasteiger partial charge in [0.05, 0.1) is 0 Å². The van der Waals surface area contributed by atoms with Crippen molar-refractivity contribution in [1.82, 2.24) is 5.32 Å². The van der Waals surface area contributed by atoms with Gasteiger partial charge in [0, 0.05) is 23.9 Å². The minimum Gasteiger partial charge on any atom is -0.488 e. The second-order valence-corrected chi connectivity index (χ2v) is 8.22. The van der Waals surface area contributed by atoms with Crippen LogP contribution in [-0.2, 0) is 11.4 Å².